The summed E-state index contributed by atoms with van der Waals surface area (Å²) in [6, 6.07) is 5.37. The number of aliphatic hydroxyl groups is 1. The van der Waals surface area contributed by atoms with Crippen molar-refractivity contribution in [3.63, 3.8) is 0 Å². The molecule has 4 nitrogen and oxygen atoms in total. The predicted molar refractivity (Wildman–Crippen MR) is 58.0 cm³/mol. The Bertz CT molecular complexity index is 288. The Morgan fingerprint density at radius 2 is 2.21 bits per heavy atom. The highest BCUT2D eigenvalue weighted by Crippen LogP contribution is 2.07. The molecular weight excluding hydrogens is 178 g/mol. The lowest BCUT2D eigenvalue weighted by molar-refractivity contribution is 0.138. The van der Waals surface area contributed by atoms with Gasteiger partial charge < -0.3 is 16.2 Å². The van der Waals surface area contributed by atoms with Gasteiger partial charge in [0, 0.05) is 6.54 Å². The molecule has 0 radical (unpaired) electrons. The molecule has 14 heavy (non-hydrogen) atoms. The van der Waals surface area contributed by atoms with Crippen LogP contribution in [-0.4, -0.2) is 22.7 Å². The third-order valence-electron chi connectivity index (χ3n) is 2.03. The van der Waals surface area contributed by atoms with Crippen LogP contribution in [0.4, 0.5) is 11.6 Å². The first-order chi connectivity index (χ1) is 6.59. The zero-order valence-corrected chi connectivity index (χ0v) is 8.57. The van der Waals surface area contributed by atoms with Crippen molar-refractivity contribution in [3.05, 3.63) is 18.2 Å². The van der Waals surface area contributed by atoms with E-state index in [1.165, 1.54) is 0 Å². The average Bonchev–Trinajstić information content (AvgIpc) is 2.14. The summed E-state index contributed by atoms with van der Waals surface area (Å²) in [7, 11) is 0. The van der Waals surface area contributed by atoms with Gasteiger partial charge in [0.05, 0.1) is 6.10 Å². The molecule has 0 saturated heterocycles. The van der Waals surface area contributed by atoms with Crippen molar-refractivity contribution in [1.82, 2.24) is 4.98 Å². The normalized spacial score (nSPS) is 12.9. The number of rotatable bonds is 4. The number of nitrogens with zero attached hydrogens (tertiary/aromatic N) is 1. The van der Waals surface area contributed by atoms with Crippen LogP contribution in [0.2, 0.25) is 0 Å². The Labute approximate surface area is 84.2 Å². The topological polar surface area (TPSA) is 71.2 Å². The van der Waals surface area contributed by atoms with Gasteiger partial charge in [-0.05, 0) is 18.1 Å². The maximum atomic E-state index is 9.54. The van der Waals surface area contributed by atoms with Gasteiger partial charge in [0.1, 0.15) is 11.6 Å². The number of pyridine rings is 1. The van der Waals surface area contributed by atoms with Crippen LogP contribution in [0.1, 0.15) is 13.8 Å². The van der Waals surface area contributed by atoms with Crippen molar-refractivity contribution in [2.24, 2.45) is 5.92 Å². The van der Waals surface area contributed by atoms with Crippen LogP contribution in [-0.2, 0) is 0 Å². The molecule has 0 aliphatic carbocycles. The standard InChI is InChI=1S/C10H17N3O/c1-7(2)8(14)6-12-10-5-3-4-9(11)13-10/h3-5,7-8,14H,6H2,1-2H3,(H3,11,12,13). The first-order valence-electron chi connectivity index (χ1n) is 4.74. The van der Waals surface area contributed by atoms with E-state index in [4.69, 9.17) is 5.73 Å². The van der Waals surface area contributed by atoms with Gasteiger partial charge in [-0.1, -0.05) is 19.9 Å². The van der Waals surface area contributed by atoms with Crippen molar-refractivity contribution >= 4 is 11.6 Å². The van der Waals surface area contributed by atoms with E-state index >= 15 is 0 Å². The third-order valence-corrected chi connectivity index (χ3v) is 2.03. The Hall–Kier alpha value is -1.29. The van der Waals surface area contributed by atoms with Gasteiger partial charge in [-0.15, -0.1) is 0 Å². The fourth-order valence-corrected chi connectivity index (χ4v) is 0.995. The molecule has 4 N–H and O–H groups in total. The molecule has 1 atom stereocenters. The zero-order chi connectivity index (χ0) is 10.6. The van der Waals surface area contributed by atoms with Crippen molar-refractivity contribution in [1.29, 1.82) is 0 Å². The summed E-state index contributed by atoms with van der Waals surface area (Å²) in [6.45, 7) is 4.44. The summed E-state index contributed by atoms with van der Waals surface area (Å²) < 4.78 is 0. The second-order valence-corrected chi connectivity index (χ2v) is 3.64. The summed E-state index contributed by atoms with van der Waals surface area (Å²) in [5.41, 5.74) is 5.51. The summed E-state index contributed by atoms with van der Waals surface area (Å²) >= 11 is 0. The minimum Gasteiger partial charge on any atom is -0.391 e. The number of nitrogens with one attached hydrogen (secondary N) is 1. The van der Waals surface area contributed by atoms with Crippen LogP contribution in [0.25, 0.3) is 0 Å². The Balaban J connectivity index is 2.45. The van der Waals surface area contributed by atoms with Crippen LogP contribution < -0.4 is 11.1 Å². The Kier molecular flexibility index (Phi) is 3.71. The van der Waals surface area contributed by atoms with Crippen LogP contribution in [0.5, 0.6) is 0 Å². The van der Waals surface area contributed by atoms with E-state index < -0.39 is 0 Å². The molecule has 1 heterocycles. The van der Waals surface area contributed by atoms with Crippen LogP contribution in [0, 0.1) is 5.92 Å². The second kappa shape index (κ2) is 4.81. The molecule has 0 saturated carbocycles. The molecule has 0 bridgehead atoms. The molecule has 1 unspecified atom stereocenters. The molecule has 1 aromatic heterocycles. The fraction of sp³-hybridized carbons (Fsp3) is 0.500. The molecule has 4 heteroatoms. The molecule has 0 aliphatic rings. The molecule has 0 fully saturated rings. The van der Waals surface area contributed by atoms with Crippen molar-refractivity contribution in [3.8, 4) is 0 Å². The van der Waals surface area contributed by atoms with Crippen LogP contribution >= 0.6 is 0 Å². The minimum atomic E-state index is -0.363. The second-order valence-electron chi connectivity index (χ2n) is 3.64. The minimum absolute atomic E-state index is 0.239. The Morgan fingerprint density at radius 3 is 2.79 bits per heavy atom. The van der Waals surface area contributed by atoms with E-state index in [9.17, 15) is 5.11 Å². The number of nitrogen functional groups attached to an aromatic ring is 1. The van der Waals surface area contributed by atoms with Gasteiger partial charge >= 0.3 is 0 Å². The largest absolute Gasteiger partial charge is 0.391 e. The number of nitrogens with two attached hydrogens (primary N) is 1. The highest BCUT2D eigenvalue weighted by molar-refractivity contribution is 5.42. The summed E-state index contributed by atoms with van der Waals surface area (Å²) in [6.07, 6.45) is -0.363. The molecule has 0 spiro atoms. The summed E-state index contributed by atoms with van der Waals surface area (Å²) in [4.78, 5) is 4.06. The number of aromatic nitrogens is 1. The van der Waals surface area contributed by atoms with E-state index in [-0.39, 0.29) is 12.0 Å². The quantitative estimate of drug-likeness (QED) is 0.672. The maximum Gasteiger partial charge on any atom is 0.128 e. The number of hydrogen-bond donors (Lipinski definition) is 3. The van der Waals surface area contributed by atoms with Crippen molar-refractivity contribution < 1.29 is 5.11 Å². The average molecular weight is 195 g/mol. The smallest absolute Gasteiger partial charge is 0.128 e. The van der Waals surface area contributed by atoms with Gasteiger partial charge in [0.2, 0.25) is 0 Å². The van der Waals surface area contributed by atoms with Gasteiger partial charge in [-0.3, -0.25) is 0 Å². The molecular formula is C10H17N3O. The first kappa shape index (κ1) is 10.8. The van der Waals surface area contributed by atoms with Gasteiger partial charge in [0.15, 0.2) is 0 Å². The summed E-state index contributed by atoms with van der Waals surface area (Å²) in [5, 5.41) is 12.6. The lowest BCUT2D eigenvalue weighted by Crippen LogP contribution is -2.25. The zero-order valence-electron chi connectivity index (χ0n) is 8.57. The van der Waals surface area contributed by atoms with Crippen molar-refractivity contribution in [2.75, 3.05) is 17.6 Å². The Morgan fingerprint density at radius 1 is 1.50 bits per heavy atom. The van der Waals surface area contributed by atoms with Gasteiger partial charge in [-0.2, -0.15) is 0 Å². The molecule has 0 aromatic carbocycles. The summed E-state index contributed by atoms with van der Waals surface area (Å²) in [5.74, 6) is 1.42. The lowest BCUT2D eigenvalue weighted by atomic mass is 10.1. The third kappa shape index (κ3) is 3.22. The molecule has 0 amide bonds. The number of anilines is 2. The van der Waals surface area contributed by atoms with E-state index in [1.54, 1.807) is 6.07 Å². The highest BCUT2D eigenvalue weighted by Gasteiger charge is 2.08. The molecule has 1 aromatic rings. The SMILES string of the molecule is CC(C)C(O)CNc1cccc(N)n1. The number of aliphatic hydroxyl groups excluding tert-OH is 1. The van der Waals surface area contributed by atoms with E-state index in [2.05, 4.69) is 10.3 Å². The van der Waals surface area contributed by atoms with E-state index in [0.29, 0.717) is 18.2 Å². The van der Waals surface area contributed by atoms with Gasteiger partial charge in [0.25, 0.3) is 0 Å². The highest BCUT2D eigenvalue weighted by atomic mass is 16.3. The maximum absolute atomic E-state index is 9.54. The van der Waals surface area contributed by atoms with Crippen LogP contribution in [0.15, 0.2) is 18.2 Å². The monoisotopic (exact) mass is 195 g/mol. The number of hydrogen-bond acceptors (Lipinski definition) is 4. The fourth-order valence-electron chi connectivity index (χ4n) is 0.995. The molecule has 78 valence electrons. The van der Waals surface area contributed by atoms with Crippen LogP contribution in [0.3, 0.4) is 0 Å². The molecule has 0 aliphatic heterocycles. The van der Waals surface area contributed by atoms with E-state index in [0.717, 1.165) is 0 Å². The van der Waals surface area contributed by atoms with Crippen molar-refractivity contribution in [2.45, 2.75) is 20.0 Å². The van der Waals surface area contributed by atoms with E-state index in [1.807, 2.05) is 26.0 Å². The lowest BCUT2D eigenvalue weighted by Gasteiger charge is -2.15. The predicted octanol–water partition coefficient (Wildman–Crippen LogP) is 1.09. The van der Waals surface area contributed by atoms with Gasteiger partial charge in [-0.25, -0.2) is 4.98 Å². The molecule has 1 rings (SSSR count). The first-order valence-corrected chi connectivity index (χ1v) is 4.74.